The fraction of sp³-hybridized carbons (Fsp3) is 0.318. The van der Waals surface area contributed by atoms with Crippen LogP contribution in [0, 0.1) is 5.92 Å². The summed E-state index contributed by atoms with van der Waals surface area (Å²) in [6.45, 7) is 1.38. The summed E-state index contributed by atoms with van der Waals surface area (Å²) in [5.41, 5.74) is 2.62. The van der Waals surface area contributed by atoms with Crippen molar-refractivity contribution < 1.29 is 19.2 Å². The first-order valence-electron chi connectivity index (χ1n) is 9.54. The number of carbonyl (C=O) groups excluding carboxylic acids is 1. The number of benzene rings is 2. The molecule has 0 spiro atoms. The number of carboxylic acids is 1. The van der Waals surface area contributed by atoms with E-state index in [0.29, 0.717) is 35.8 Å². The summed E-state index contributed by atoms with van der Waals surface area (Å²) in [5.74, 6) is -0.441. The second-order valence-corrected chi connectivity index (χ2v) is 7.29. The van der Waals surface area contributed by atoms with E-state index in [9.17, 15) is 14.7 Å². The predicted molar refractivity (Wildman–Crippen MR) is 104 cm³/mol. The van der Waals surface area contributed by atoms with Gasteiger partial charge in [-0.15, -0.1) is 0 Å². The zero-order chi connectivity index (χ0) is 19.5. The molecule has 0 saturated carbocycles. The zero-order valence-electron chi connectivity index (χ0n) is 15.5. The number of rotatable bonds is 5. The molecule has 1 aliphatic heterocycles. The van der Waals surface area contributed by atoms with Gasteiger partial charge in [0.15, 0.2) is 5.58 Å². The van der Waals surface area contributed by atoms with Crippen LogP contribution in [0.4, 0.5) is 0 Å². The zero-order valence-corrected chi connectivity index (χ0v) is 15.5. The van der Waals surface area contributed by atoms with Crippen molar-refractivity contribution >= 4 is 22.8 Å². The van der Waals surface area contributed by atoms with E-state index in [2.05, 4.69) is 5.16 Å². The molecule has 2 aromatic carbocycles. The van der Waals surface area contributed by atoms with Crippen LogP contribution in [0.2, 0.25) is 0 Å². The van der Waals surface area contributed by atoms with E-state index >= 15 is 0 Å². The molecule has 6 heteroatoms. The highest BCUT2D eigenvalue weighted by atomic mass is 16.5. The van der Waals surface area contributed by atoms with Crippen molar-refractivity contribution in [1.29, 1.82) is 0 Å². The second kappa shape index (κ2) is 7.84. The Morgan fingerprint density at radius 2 is 1.79 bits per heavy atom. The largest absolute Gasteiger partial charge is 0.478 e. The molecule has 144 valence electrons. The molecule has 1 fully saturated rings. The van der Waals surface area contributed by atoms with Crippen LogP contribution in [0.1, 0.15) is 34.5 Å². The third-order valence-corrected chi connectivity index (χ3v) is 5.49. The van der Waals surface area contributed by atoms with Crippen molar-refractivity contribution in [1.82, 2.24) is 10.1 Å². The Morgan fingerprint density at radius 1 is 1.07 bits per heavy atom. The minimum Gasteiger partial charge on any atom is -0.478 e. The van der Waals surface area contributed by atoms with Crippen LogP contribution < -0.4 is 0 Å². The molecule has 4 rings (SSSR count). The van der Waals surface area contributed by atoms with E-state index in [1.807, 2.05) is 41.3 Å². The molecule has 0 bridgehead atoms. The minimum absolute atomic E-state index is 0.0587. The van der Waals surface area contributed by atoms with Crippen LogP contribution >= 0.6 is 0 Å². The molecule has 1 saturated heterocycles. The summed E-state index contributed by atoms with van der Waals surface area (Å²) in [6.07, 6.45) is 2.72. The van der Waals surface area contributed by atoms with Crippen LogP contribution in [0.3, 0.4) is 0 Å². The maximum atomic E-state index is 12.7. The molecule has 6 nitrogen and oxygen atoms in total. The topological polar surface area (TPSA) is 83.6 Å². The molecule has 2 heterocycles. The van der Waals surface area contributed by atoms with Gasteiger partial charge in [0, 0.05) is 18.5 Å². The highest BCUT2D eigenvalue weighted by Gasteiger charge is 2.25. The molecule has 3 aromatic rings. The van der Waals surface area contributed by atoms with E-state index in [1.165, 1.54) is 0 Å². The summed E-state index contributed by atoms with van der Waals surface area (Å²) in [5, 5.41) is 14.3. The molecule has 0 radical (unpaired) electrons. The number of carboxylic acid groups (broad SMARTS) is 1. The fourth-order valence-corrected chi connectivity index (χ4v) is 3.93. The normalized spacial score (nSPS) is 15.1. The van der Waals surface area contributed by atoms with Crippen LogP contribution in [0.5, 0.6) is 0 Å². The van der Waals surface area contributed by atoms with Crippen molar-refractivity contribution in [3.8, 4) is 0 Å². The maximum absolute atomic E-state index is 12.7. The molecule has 28 heavy (non-hydrogen) atoms. The molecule has 1 amide bonds. The number of aromatic carboxylic acids is 1. The van der Waals surface area contributed by atoms with E-state index < -0.39 is 5.97 Å². The maximum Gasteiger partial charge on any atom is 0.335 e. The summed E-state index contributed by atoms with van der Waals surface area (Å²) in [7, 11) is 0. The molecule has 0 aliphatic carbocycles. The first kappa shape index (κ1) is 18.2. The SMILES string of the molecule is O=C(O)c1ccccc1CC1CCN(C(=O)Cc2noc3ccccc23)CC1. The van der Waals surface area contributed by atoms with E-state index in [0.717, 1.165) is 30.2 Å². The van der Waals surface area contributed by atoms with Gasteiger partial charge in [-0.3, -0.25) is 4.79 Å². The summed E-state index contributed by atoms with van der Waals surface area (Å²) in [6, 6.07) is 14.7. The number of para-hydroxylation sites is 1. The lowest BCUT2D eigenvalue weighted by Crippen LogP contribution is -2.39. The molecular weight excluding hydrogens is 356 g/mol. The standard InChI is InChI=1S/C22H22N2O4/c25-21(14-19-18-7-3-4-8-20(18)28-23-19)24-11-9-15(10-12-24)13-16-5-1-2-6-17(16)22(26)27/h1-8,15H,9-14H2,(H,26,27). The van der Waals surface area contributed by atoms with Gasteiger partial charge >= 0.3 is 5.97 Å². The number of hydrogen-bond acceptors (Lipinski definition) is 4. The average Bonchev–Trinajstić information content (AvgIpc) is 3.12. The van der Waals surface area contributed by atoms with Gasteiger partial charge in [0.25, 0.3) is 0 Å². The lowest BCUT2D eigenvalue weighted by Gasteiger charge is -2.32. The predicted octanol–water partition coefficient (Wildman–Crippen LogP) is 3.55. The average molecular weight is 378 g/mol. The lowest BCUT2D eigenvalue weighted by molar-refractivity contribution is -0.131. The Morgan fingerprint density at radius 3 is 2.57 bits per heavy atom. The third-order valence-electron chi connectivity index (χ3n) is 5.49. The summed E-state index contributed by atoms with van der Waals surface area (Å²) < 4.78 is 5.28. The van der Waals surface area contributed by atoms with Crippen molar-refractivity contribution in [2.45, 2.75) is 25.7 Å². The van der Waals surface area contributed by atoms with Gasteiger partial charge in [-0.05, 0) is 48.9 Å². The fourth-order valence-electron chi connectivity index (χ4n) is 3.93. The number of likely N-dealkylation sites (tertiary alicyclic amines) is 1. The number of aromatic nitrogens is 1. The summed E-state index contributed by atoms with van der Waals surface area (Å²) >= 11 is 0. The van der Waals surface area contributed by atoms with Gasteiger partial charge in [-0.1, -0.05) is 35.5 Å². The Kier molecular flexibility index (Phi) is 5.10. The van der Waals surface area contributed by atoms with E-state index in [4.69, 9.17) is 4.52 Å². The van der Waals surface area contributed by atoms with Gasteiger partial charge in [0.2, 0.25) is 5.91 Å². The van der Waals surface area contributed by atoms with E-state index in [1.54, 1.807) is 12.1 Å². The Balaban J connectivity index is 1.35. The third kappa shape index (κ3) is 3.76. The molecule has 0 atom stereocenters. The van der Waals surface area contributed by atoms with Gasteiger partial charge < -0.3 is 14.5 Å². The van der Waals surface area contributed by atoms with Crippen molar-refractivity contribution in [2.75, 3.05) is 13.1 Å². The minimum atomic E-state index is -0.886. The van der Waals surface area contributed by atoms with Crippen LogP contribution in [-0.4, -0.2) is 40.1 Å². The monoisotopic (exact) mass is 378 g/mol. The number of carbonyl (C=O) groups is 2. The van der Waals surface area contributed by atoms with Gasteiger partial charge in [0.05, 0.1) is 12.0 Å². The molecule has 0 unspecified atom stereocenters. The van der Waals surface area contributed by atoms with Crippen LogP contribution in [0.25, 0.3) is 11.0 Å². The van der Waals surface area contributed by atoms with E-state index in [-0.39, 0.29) is 12.3 Å². The molecule has 1 aliphatic rings. The Labute approximate surface area is 162 Å². The number of piperidine rings is 1. The van der Waals surface area contributed by atoms with Gasteiger partial charge in [-0.2, -0.15) is 0 Å². The number of amides is 1. The Bertz CT molecular complexity index is 1000. The first-order valence-corrected chi connectivity index (χ1v) is 9.54. The van der Waals surface area contributed by atoms with Gasteiger partial charge in [0.1, 0.15) is 5.69 Å². The van der Waals surface area contributed by atoms with Crippen LogP contribution in [-0.2, 0) is 17.6 Å². The lowest BCUT2D eigenvalue weighted by atomic mass is 9.88. The smallest absolute Gasteiger partial charge is 0.335 e. The molecule has 1 N–H and O–H groups in total. The second-order valence-electron chi connectivity index (χ2n) is 7.29. The Hall–Kier alpha value is -3.15. The summed E-state index contributed by atoms with van der Waals surface area (Å²) in [4.78, 5) is 25.9. The molecular formula is C22H22N2O4. The molecule has 1 aromatic heterocycles. The number of fused-ring (bicyclic) bond motifs is 1. The highest BCUT2D eigenvalue weighted by Crippen LogP contribution is 2.25. The number of hydrogen-bond donors (Lipinski definition) is 1. The van der Waals surface area contributed by atoms with Crippen molar-refractivity contribution in [3.05, 3.63) is 65.4 Å². The van der Waals surface area contributed by atoms with Crippen molar-refractivity contribution in [2.24, 2.45) is 5.92 Å². The first-order chi connectivity index (χ1) is 13.6. The number of nitrogens with zero attached hydrogens (tertiary/aromatic N) is 2. The van der Waals surface area contributed by atoms with Gasteiger partial charge in [-0.25, -0.2) is 4.79 Å². The highest BCUT2D eigenvalue weighted by molar-refractivity contribution is 5.89. The van der Waals surface area contributed by atoms with Crippen molar-refractivity contribution in [3.63, 3.8) is 0 Å². The quantitative estimate of drug-likeness (QED) is 0.734. The van der Waals surface area contributed by atoms with Crippen LogP contribution in [0.15, 0.2) is 53.1 Å².